The van der Waals surface area contributed by atoms with Crippen molar-refractivity contribution in [2.45, 2.75) is 39.7 Å². The fraction of sp³-hybridized carbons (Fsp3) is 0.333. The van der Waals surface area contributed by atoms with Gasteiger partial charge >= 0.3 is 0 Å². The van der Waals surface area contributed by atoms with Crippen molar-refractivity contribution in [1.82, 2.24) is 5.32 Å². The molecule has 0 radical (unpaired) electrons. The molecular formula is C21H25N3OS. The molecule has 0 spiro atoms. The molecule has 0 aromatic heterocycles. The number of nitrogens with one attached hydrogen (secondary N) is 2. The molecule has 1 amide bonds. The van der Waals surface area contributed by atoms with Crippen LogP contribution >= 0.6 is 12.2 Å². The molecule has 2 aromatic rings. The highest BCUT2D eigenvalue weighted by atomic mass is 32.1. The summed E-state index contributed by atoms with van der Waals surface area (Å²) in [6, 6.07) is 14.4. The van der Waals surface area contributed by atoms with Gasteiger partial charge < -0.3 is 15.5 Å². The quantitative estimate of drug-likeness (QED) is 0.782. The SMILES string of the molecule is Cc1ccc([C@@H](C)NC(=S)Nc2ccc(N3CCCC3=O)cc2)c(C)c1. The van der Waals surface area contributed by atoms with Crippen LogP contribution in [0, 0.1) is 13.8 Å². The summed E-state index contributed by atoms with van der Waals surface area (Å²) in [7, 11) is 0. The predicted octanol–water partition coefficient (Wildman–Crippen LogP) is 4.48. The smallest absolute Gasteiger partial charge is 0.227 e. The normalized spacial score (nSPS) is 15.0. The molecule has 1 aliphatic rings. The summed E-state index contributed by atoms with van der Waals surface area (Å²) in [5.41, 5.74) is 5.61. The molecule has 1 saturated heterocycles. The standard InChI is InChI=1S/C21H25N3OS/c1-14-6-11-19(15(2)13-14)16(3)22-21(26)23-17-7-9-18(10-8-17)24-12-4-5-20(24)25/h6-11,13,16H,4-5,12H2,1-3H3,(H2,22,23,26)/t16-/m1/s1. The molecular weight excluding hydrogens is 342 g/mol. The van der Waals surface area contributed by atoms with E-state index in [1.807, 2.05) is 29.2 Å². The number of nitrogens with zero attached hydrogens (tertiary/aromatic N) is 1. The van der Waals surface area contributed by atoms with Gasteiger partial charge in [0.15, 0.2) is 5.11 Å². The Balaban J connectivity index is 1.60. The van der Waals surface area contributed by atoms with Crippen molar-refractivity contribution in [3.63, 3.8) is 0 Å². The molecule has 26 heavy (non-hydrogen) atoms. The van der Waals surface area contributed by atoms with E-state index in [1.165, 1.54) is 16.7 Å². The molecule has 0 aliphatic carbocycles. The largest absolute Gasteiger partial charge is 0.356 e. The Kier molecular flexibility index (Phi) is 5.57. The van der Waals surface area contributed by atoms with Crippen molar-refractivity contribution in [2.75, 3.05) is 16.8 Å². The molecule has 0 bridgehead atoms. The van der Waals surface area contributed by atoms with E-state index in [2.05, 4.69) is 49.6 Å². The third kappa shape index (κ3) is 4.22. The number of thiocarbonyl (C=S) groups is 1. The summed E-state index contributed by atoms with van der Waals surface area (Å²) in [5, 5.41) is 7.14. The molecule has 2 N–H and O–H groups in total. The summed E-state index contributed by atoms with van der Waals surface area (Å²) in [5.74, 6) is 0.199. The fourth-order valence-electron chi connectivity index (χ4n) is 3.40. The van der Waals surface area contributed by atoms with Crippen molar-refractivity contribution >= 4 is 34.6 Å². The maximum atomic E-state index is 11.8. The van der Waals surface area contributed by atoms with Gasteiger partial charge in [-0.15, -0.1) is 0 Å². The lowest BCUT2D eigenvalue weighted by Gasteiger charge is -2.20. The first-order valence-corrected chi connectivity index (χ1v) is 9.40. The second kappa shape index (κ2) is 7.87. The first-order chi connectivity index (χ1) is 12.4. The van der Waals surface area contributed by atoms with Crippen molar-refractivity contribution in [3.8, 4) is 0 Å². The van der Waals surface area contributed by atoms with Crippen molar-refractivity contribution < 1.29 is 4.79 Å². The van der Waals surface area contributed by atoms with E-state index in [1.54, 1.807) is 0 Å². The number of anilines is 2. The predicted molar refractivity (Wildman–Crippen MR) is 112 cm³/mol. The number of hydrogen-bond acceptors (Lipinski definition) is 2. The van der Waals surface area contributed by atoms with Crippen LogP contribution in [0.4, 0.5) is 11.4 Å². The molecule has 2 aromatic carbocycles. The Morgan fingerprint density at radius 1 is 1.15 bits per heavy atom. The molecule has 1 heterocycles. The minimum atomic E-state index is 0.122. The van der Waals surface area contributed by atoms with Crippen LogP contribution in [0.5, 0.6) is 0 Å². The third-order valence-electron chi connectivity index (χ3n) is 4.75. The van der Waals surface area contributed by atoms with Crippen LogP contribution in [0.25, 0.3) is 0 Å². The number of aryl methyl sites for hydroxylation is 2. The van der Waals surface area contributed by atoms with Crippen LogP contribution in [0.2, 0.25) is 0 Å². The van der Waals surface area contributed by atoms with Crippen LogP contribution in [0.3, 0.4) is 0 Å². The molecule has 0 unspecified atom stereocenters. The molecule has 5 heteroatoms. The van der Waals surface area contributed by atoms with E-state index >= 15 is 0 Å². The fourth-order valence-corrected chi connectivity index (χ4v) is 3.69. The van der Waals surface area contributed by atoms with Crippen molar-refractivity contribution in [1.29, 1.82) is 0 Å². The summed E-state index contributed by atoms with van der Waals surface area (Å²) < 4.78 is 0. The Morgan fingerprint density at radius 3 is 2.50 bits per heavy atom. The minimum absolute atomic E-state index is 0.122. The average molecular weight is 368 g/mol. The van der Waals surface area contributed by atoms with Gasteiger partial charge in [-0.3, -0.25) is 4.79 Å². The maximum absolute atomic E-state index is 11.8. The lowest BCUT2D eigenvalue weighted by Crippen LogP contribution is -2.31. The summed E-state index contributed by atoms with van der Waals surface area (Å²) in [6.45, 7) is 7.13. The molecule has 3 rings (SSSR count). The first kappa shape index (κ1) is 18.4. The van der Waals surface area contributed by atoms with E-state index in [0.717, 1.165) is 24.3 Å². The van der Waals surface area contributed by atoms with Crippen LogP contribution in [0.15, 0.2) is 42.5 Å². The number of carbonyl (C=O) groups excluding carboxylic acids is 1. The molecule has 1 aliphatic heterocycles. The van der Waals surface area contributed by atoms with Gasteiger partial charge in [-0.05, 0) is 74.8 Å². The second-order valence-corrected chi connectivity index (χ2v) is 7.28. The zero-order valence-corrected chi connectivity index (χ0v) is 16.3. The lowest BCUT2D eigenvalue weighted by molar-refractivity contribution is -0.117. The Hall–Kier alpha value is -2.40. The minimum Gasteiger partial charge on any atom is -0.356 e. The summed E-state index contributed by atoms with van der Waals surface area (Å²) >= 11 is 5.45. The topological polar surface area (TPSA) is 44.4 Å². The van der Waals surface area contributed by atoms with E-state index in [-0.39, 0.29) is 11.9 Å². The molecule has 1 atom stereocenters. The number of benzene rings is 2. The van der Waals surface area contributed by atoms with Gasteiger partial charge in [0.25, 0.3) is 0 Å². The van der Waals surface area contributed by atoms with E-state index < -0.39 is 0 Å². The van der Waals surface area contributed by atoms with E-state index in [0.29, 0.717) is 11.5 Å². The Bertz CT molecular complexity index is 817. The molecule has 0 saturated carbocycles. The van der Waals surface area contributed by atoms with Gasteiger partial charge in [0.1, 0.15) is 0 Å². The molecule has 1 fully saturated rings. The Morgan fingerprint density at radius 2 is 1.88 bits per heavy atom. The maximum Gasteiger partial charge on any atom is 0.227 e. The van der Waals surface area contributed by atoms with Crippen LogP contribution in [0.1, 0.15) is 42.5 Å². The second-order valence-electron chi connectivity index (χ2n) is 6.88. The first-order valence-electron chi connectivity index (χ1n) is 8.99. The van der Waals surface area contributed by atoms with Gasteiger partial charge in [0.2, 0.25) is 5.91 Å². The monoisotopic (exact) mass is 367 g/mol. The van der Waals surface area contributed by atoms with Crippen LogP contribution in [-0.2, 0) is 4.79 Å². The zero-order chi connectivity index (χ0) is 18.7. The lowest BCUT2D eigenvalue weighted by atomic mass is 10.0. The number of rotatable bonds is 4. The summed E-state index contributed by atoms with van der Waals surface area (Å²) in [6.07, 6.45) is 1.58. The number of amides is 1. The molecule has 136 valence electrons. The molecule has 4 nitrogen and oxygen atoms in total. The van der Waals surface area contributed by atoms with Crippen molar-refractivity contribution in [3.05, 3.63) is 59.2 Å². The zero-order valence-electron chi connectivity index (χ0n) is 15.5. The Labute approximate surface area is 160 Å². The highest BCUT2D eigenvalue weighted by molar-refractivity contribution is 7.80. The van der Waals surface area contributed by atoms with Crippen LogP contribution < -0.4 is 15.5 Å². The van der Waals surface area contributed by atoms with Crippen molar-refractivity contribution in [2.24, 2.45) is 0 Å². The van der Waals surface area contributed by atoms with Gasteiger partial charge in [-0.25, -0.2) is 0 Å². The third-order valence-corrected chi connectivity index (χ3v) is 4.97. The number of carbonyl (C=O) groups is 1. The highest BCUT2D eigenvalue weighted by Crippen LogP contribution is 2.23. The van der Waals surface area contributed by atoms with Gasteiger partial charge in [-0.2, -0.15) is 0 Å². The van der Waals surface area contributed by atoms with Crippen LogP contribution in [-0.4, -0.2) is 17.6 Å². The average Bonchev–Trinajstić information content (AvgIpc) is 3.01. The van der Waals surface area contributed by atoms with E-state index in [4.69, 9.17) is 12.2 Å². The van der Waals surface area contributed by atoms with Gasteiger partial charge in [0, 0.05) is 24.3 Å². The van der Waals surface area contributed by atoms with E-state index in [9.17, 15) is 4.79 Å². The van der Waals surface area contributed by atoms with Gasteiger partial charge in [-0.1, -0.05) is 23.8 Å². The number of hydrogen-bond donors (Lipinski definition) is 2. The highest BCUT2D eigenvalue weighted by Gasteiger charge is 2.21. The summed E-state index contributed by atoms with van der Waals surface area (Å²) in [4.78, 5) is 13.7. The van der Waals surface area contributed by atoms with Gasteiger partial charge in [0.05, 0.1) is 6.04 Å².